The molecule has 0 heterocycles. The fourth-order valence-electron chi connectivity index (χ4n) is 1.56. The van der Waals surface area contributed by atoms with Crippen molar-refractivity contribution >= 4 is 15.5 Å². The van der Waals surface area contributed by atoms with Gasteiger partial charge in [-0.25, -0.2) is 8.42 Å². The van der Waals surface area contributed by atoms with Gasteiger partial charge in [0, 0.05) is 12.2 Å². The minimum absolute atomic E-state index is 0.268. The van der Waals surface area contributed by atoms with E-state index in [2.05, 4.69) is 5.32 Å². The molecule has 3 nitrogen and oxygen atoms in total. The molecule has 0 fully saturated rings. The Labute approximate surface area is 104 Å². The summed E-state index contributed by atoms with van der Waals surface area (Å²) in [6.45, 7) is 5.89. The molecule has 1 aromatic rings. The van der Waals surface area contributed by atoms with Gasteiger partial charge in [-0.1, -0.05) is 25.1 Å². The van der Waals surface area contributed by atoms with Gasteiger partial charge in [-0.3, -0.25) is 0 Å². The van der Waals surface area contributed by atoms with E-state index in [-0.39, 0.29) is 10.5 Å². The van der Waals surface area contributed by atoms with Crippen LogP contribution in [0.4, 0.5) is 5.69 Å². The number of anilines is 1. The molecule has 0 saturated carbocycles. The van der Waals surface area contributed by atoms with Gasteiger partial charge in [0.05, 0.1) is 10.5 Å². The van der Waals surface area contributed by atoms with E-state index in [9.17, 15) is 8.42 Å². The van der Waals surface area contributed by atoms with E-state index in [0.29, 0.717) is 13.0 Å². The molecular formula is C13H21NO2S. The molecule has 4 heteroatoms. The normalized spacial score (nSPS) is 15.2. The van der Waals surface area contributed by atoms with Gasteiger partial charge in [0.15, 0.2) is 9.84 Å². The maximum atomic E-state index is 12.0. The monoisotopic (exact) mass is 255 g/mol. The van der Waals surface area contributed by atoms with E-state index in [1.165, 1.54) is 0 Å². The molecule has 0 saturated heterocycles. The summed E-state index contributed by atoms with van der Waals surface area (Å²) in [5, 5.41) is 2.52. The SMILES string of the molecule is CCC(C)S(=O)(=O)C(C)CNc1ccccc1. The molecule has 1 aromatic carbocycles. The first-order valence-electron chi connectivity index (χ1n) is 6.00. The highest BCUT2D eigenvalue weighted by atomic mass is 32.2. The zero-order valence-electron chi connectivity index (χ0n) is 10.7. The van der Waals surface area contributed by atoms with Crippen molar-refractivity contribution in [2.24, 2.45) is 0 Å². The Morgan fingerprint density at radius 3 is 2.24 bits per heavy atom. The summed E-state index contributed by atoms with van der Waals surface area (Å²) >= 11 is 0. The molecule has 0 radical (unpaired) electrons. The van der Waals surface area contributed by atoms with Crippen LogP contribution in [0, 0.1) is 0 Å². The van der Waals surface area contributed by atoms with Gasteiger partial charge >= 0.3 is 0 Å². The number of rotatable bonds is 6. The summed E-state index contributed by atoms with van der Waals surface area (Å²) in [5.74, 6) is 0. The fourth-order valence-corrected chi connectivity index (χ4v) is 3.14. The highest BCUT2D eigenvalue weighted by molar-refractivity contribution is 7.92. The third-order valence-electron chi connectivity index (χ3n) is 3.06. The lowest BCUT2D eigenvalue weighted by atomic mass is 10.3. The van der Waals surface area contributed by atoms with Crippen LogP contribution in [0.1, 0.15) is 27.2 Å². The van der Waals surface area contributed by atoms with Crippen molar-refractivity contribution in [2.75, 3.05) is 11.9 Å². The average Bonchev–Trinajstić information content (AvgIpc) is 2.35. The van der Waals surface area contributed by atoms with E-state index in [1.807, 2.05) is 37.3 Å². The van der Waals surface area contributed by atoms with Crippen LogP contribution in [0.25, 0.3) is 0 Å². The van der Waals surface area contributed by atoms with E-state index >= 15 is 0 Å². The maximum Gasteiger partial charge on any atom is 0.157 e. The summed E-state index contributed by atoms with van der Waals surface area (Å²) in [5.41, 5.74) is 0.957. The van der Waals surface area contributed by atoms with E-state index in [1.54, 1.807) is 13.8 Å². The van der Waals surface area contributed by atoms with Crippen molar-refractivity contribution in [3.63, 3.8) is 0 Å². The number of benzene rings is 1. The Bertz CT molecular complexity index is 428. The van der Waals surface area contributed by atoms with Crippen LogP contribution in [0.5, 0.6) is 0 Å². The molecule has 0 aliphatic heterocycles. The molecule has 96 valence electrons. The van der Waals surface area contributed by atoms with Crippen LogP contribution in [0.3, 0.4) is 0 Å². The second kappa shape index (κ2) is 6.05. The second-order valence-electron chi connectivity index (χ2n) is 4.37. The van der Waals surface area contributed by atoms with Gasteiger partial charge in [0.2, 0.25) is 0 Å². The third kappa shape index (κ3) is 3.73. The molecule has 17 heavy (non-hydrogen) atoms. The summed E-state index contributed by atoms with van der Waals surface area (Å²) in [6.07, 6.45) is 0.665. The molecule has 0 bridgehead atoms. The standard InChI is InChI=1S/C13H21NO2S/c1-4-11(2)17(15,16)12(3)10-14-13-8-6-5-7-9-13/h5-9,11-12,14H,4,10H2,1-3H3. The zero-order chi connectivity index (χ0) is 12.9. The molecule has 0 spiro atoms. The summed E-state index contributed by atoms with van der Waals surface area (Å²) in [6, 6.07) is 9.65. The predicted octanol–water partition coefficient (Wildman–Crippen LogP) is 2.70. The quantitative estimate of drug-likeness (QED) is 0.850. The fraction of sp³-hybridized carbons (Fsp3) is 0.538. The Kier molecular flexibility index (Phi) is 5.00. The maximum absolute atomic E-state index is 12.0. The molecule has 2 unspecified atom stereocenters. The molecule has 0 aliphatic carbocycles. The summed E-state index contributed by atoms with van der Waals surface area (Å²) in [4.78, 5) is 0. The number of para-hydroxylation sites is 1. The number of hydrogen-bond acceptors (Lipinski definition) is 3. The van der Waals surface area contributed by atoms with Gasteiger partial charge in [0.1, 0.15) is 0 Å². The third-order valence-corrected chi connectivity index (χ3v) is 5.81. The first kappa shape index (κ1) is 14.0. The Balaban J connectivity index is 2.59. The van der Waals surface area contributed by atoms with Crippen LogP contribution in [0.2, 0.25) is 0 Å². The highest BCUT2D eigenvalue weighted by Crippen LogP contribution is 2.13. The van der Waals surface area contributed by atoms with Gasteiger partial charge < -0.3 is 5.32 Å². The summed E-state index contributed by atoms with van der Waals surface area (Å²) < 4.78 is 24.1. The van der Waals surface area contributed by atoms with Crippen LogP contribution in [-0.2, 0) is 9.84 Å². The van der Waals surface area contributed by atoms with Crippen LogP contribution in [0.15, 0.2) is 30.3 Å². The number of nitrogens with one attached hydrogen (secondary N) is 1. The number of hydrogen-bond donors (Lipinski definition) is 1. The molecule has 0 aliphatic rings. The molecule has 1 rings (SSSR count). The topological polar surface area (TPSA) is 46.2 Å². The van der Waals surface area contributed by atoms with Crippen LogP contribution in [-0.4, -0.2) is 25.5 Å². The summed E-state index contributed by atoms with van der Waals surface area (Å²) in [7, 11) is -3.02. The molecule has 0 aromatic heterocycles. The van der Waals surface area contributed by atoms with Gasteiger partial charge in [-0.2, -0.15) is 0 Å². The first-order valence-corrected chi connectivity index (χ1v) is 7.61. The average molecular weight is 255 g/mol. The molecule has 0 amide bonds. The van der Waals surface area contributed by atoms with Gasteiger partial charge in [-0.15, -0.1) is 0 Å². The lowest BCUT2D eigenvalue weighted by Crippen LogP contribution is -2.32. The predicted molar refractivity (Wildman–Crippen MR) is 73.1 cm³/mol. The van der Waals surface area contributed by atoms with Crippen molar-refractivity contribution in [3.05, 3.63) is 30.3 Å². The van der Waals surface area contributed by atoms with Gasteiger partial charge in [0.25, 0.3) is 0 Å². The van der Waals surface area contributed by atoms with E-state index in [0.717, 1.165) is 5.69 Å². The zero-order valence-corrected chi connectivity index (χ0v) is 11.5. The van der Waals surface area contributed by atoms with Crippen molar-refractivity contribution < 1.29 is 8.42 Å². The van der Waals surface area contributed by atoms with Crippen LogP contribution < -0.4 is 5.32 Å². The lowest BCUT2D eigenvalue weighted by Gasteiger charge is -2.18. The minimum atomic E-state index is -3.02. The number of sulfone groups is 1. The van der Waals surface area contributed by atoms with Crippen LogP contribution >= 0.6 is 0 Å². The lowest BCUT2D eigenvalue weighted by molar-refractivity contribution is 0.570. The Hall–Kier alpha value is -1.03. The highest BCUT2D eigenvalue weighted by Gasteiger charge is 2.26. The minimum Gasteiger partial charge on any atom is -0.384 e. The molecular weight excluding hydrogens is 234 g/mol. The Morgan fingerprint density at radius 1 is 1.12 bits per heavy atom. The first-order chi connectivity index (χ1) is 7.98. The second-order valence-corrected chi connectivity index (χ2v) is 7.15. The van der Waals surface area contributed by atoms with Crippen molar-refractivity contribution in [2.45, 2.75) is 37.7 Å². The molecule has 2 atom stereocenters. The van der Waals surface area contributed by atoms with Gasteiger partial charge in [-0.05, 0) is 32.4 Å². The van der Waals surface area contributed by atoms with Crippen molar-refractivity contribution in [3.8, 4) is 0 Å². The van der Waals surface area contributed by atoms with E-state index in [4.69, 9.17) is 0 Å². The smallest absolute Gasteiger partial charge is 0.157 e. The molecule has 1 N–H and O–H groups in total. The van der Waals surface area contributed by atoms with E-state index < -0.39 is 9.84 Å². The largest absolute Gasteiger partial charge is 0.384 e. The van der Waals surface area contributed by atoms with Crippen molar-refractivity contribution in [1.82, 2.24) is 0 Å². The Morgan fingerprint density at radius 2 is 1.71 bits per heavy atom. The van der Waals surface area contributed by atoms with Crippen molar-refractivity contribution in [1.29, 1.82) is 0 Å².